The van der Waals surface area contributed by atoms with Crippen LogP contribution < -0.4 is 5.32 Å². The summed E-state index contributed by atoms with van der Waals surface area (Å²) in [6.45, 7) is 6.45. The molecule has 0 aromatic carbocycles. The number of rotatable bonds is 6. The summed E-state index contributed by atoms with van der Waals surface area (Å²) in [5.41, 5.74) is 0. The maximum absolute atomic E-state index is 11.8. The molecule has 0 aromatic heterocycles. The second-order valence-corrected chi connectivity index (χ2v) is 7.56. The van der Waals surface area contributed by atoms with Gasteiger partial charge in [-0.15, -0.1) is 0 Å². The minimum absolute atomic E-state index is 0.300. The summed E-state index contributed by atoms with van der Waals surface area (Å²) in [5.74, 6) is -2.66. The van der Waals surface area contributed by atoms with Gasteiger partial charge in [-0.2, -0.15) is 0 Å². The van der Waals surface area contributed by atoms with Gasteiger partial charge in [0.05, 0.1) is 13.2 Å². The Bertz CT molecular complexity index is 727. The summed E-state index contributed by atoms with van der Waals surface area (Å²) in [5, 5.41) is 3.27. The van der Waals surface area contributed by atoms with Crippen molar-refractivity contribution in [3.8, 4) is 0 Å². The lowest BCUT2D eigenvalue weighted by atomic mass is 9.97. The van der Waals surface area contributed by atoms with Crippen molar-refractivity contribution in [3.05, 3.63) is 0 Å². The third kappa shape index (κ3) is 7.57. The largest absolute Gasteiger partial charge is 0.463 e. The van der Waals surface area contributed by atoms with Gasteiger partial charge in [0.2, 0.25) is 0 Å². The van der Waals surface area contributed by atoms with Gasteiger partial charge in [-0.25, -0.2) is 0 Å². The Morgan fingerprint density at radius 3 is 1.94 bits per heavy atom. The van der Waals surface area contributed by atoms with E-state index in [1.54, 1.807) is 0 Å². The van der Waals surface area contributed by atoms with Gasteiger partial charge in [0.15, 0.2) is 29.7 Å². The lowest BCUT2D eigenvalue weighted by molar-refractivity contribution is -0.255. The van der Waals surface area contributed by atoms with E-state index in [0.29, 0.717) is 31.4 Å². The van der Waals surface area contributed by atoms with Gasteiger partial charge in [0.1, 0.15) is 12.7 Å². The Labute approximate surface area is 190 Å². The van der Waals surface area contributed by atoms with Crippen molar-refractivity contribution in [1.82, 2.24) is 10.2 Å². The van der Waals surface area contributed by atoms with Crippen molar-refractivity contribution in [2.24, 2.45) is 0 Å². The van der Waals surface area contributed by atoms with Gasteiger partial charge >= 0.3 is 23.9 Å². The van der Waals surface area contributed by atoms with E-state index in [1.165, 1.54) is 13.8 Å². The zero-order valence-corrected chi connectivity index (χ0v) is 19.2. The molecular weight excluding hydrogens is 448 g/mol. The highest BCUT2D eigenvalue weighted by Gasteiger charge is 2.52. The third-order valence-electron chi connectivity index (χ3n) is 4.55. The van der Waals surface area contributed by atoms with E-state index in [-0.39, 0.29) is 6.61 Å². The van der Waals surface area contributed by atoms with Crippen molar-refractivity contribution in [1.29, 1.82) is 0 Å². The summed E-state index contributed by atoms with van der Waals surface area (Å²) in [4.78, 5) is 48.6. The minimum atomic E-state index is -1.25. The molecule has 0 unspecified atom stereocenters. The molecule has 5 atom stereocenters. The summed E-state index contributed by atoms with van der Waals surface area (Å²) in [7, 11) is 0. The van der Waals surface area contributed by atoms with Gasteiger partial charge in [0, 0.05) is 40.8 Å². The molecule has 32 heavy (non-hydrogen) atoms. The van der Waals surface area contributed by atoms with Crippen LogP contribution >= 0.6 is 12.2 Å². The molecule has 0 spiro atoms. The fourth-order valence-corrected chi connectivity index (χ4v) is 3.62. The number of morpholine rings is 1. The van der Waals surface area contributed by atoms with E-state index >= 15 is 0 Å². The molecule has 180 valence electrons. The number of hydrogen-bond donors (Lipinski definition) is 1. The van der Waals surface area contributed by atoms with Gasteiger partial charge in [0.25, 0.3) is 0 Å². The highest BCUT2D eigenvalue weighted by Crippen LogP contribution is 2.28. The number of ether oxygens (including phenoxy) is 6. The van der Waals surface area contributed by atoms with Gasteiger partial charge in [-0.05, 0) is 12.2 Å². The molecule has 2 aliphatic rings. The van der Waals surface area contributed by atoms with Gasteiger partial charge in [-0.3, -0.25) is 19.2 Å². The molecule has 12 nitrogen and oxygen atoms in total. The Morgan fingerprint density at radius 2 is 1.41 bits per heavy atom. The molecule has 0 bridgehead atoms. The maximum atomic E-state index is 11.8. The Balaban J connectivity index is 2.35. The van der Waals surface area contributed by atoms with E-state index in [2.05, 4.69) is 5.32 Å². The van der Waals surface area contributed by atoms with E-state index in [1.807, 2.05) is 4.90 Å². The molecule has 0 aliphatic carbocycles. The smallest absolute Gasteiger partial charge is 0.303 e. The average Bonchev–Trinajstić information content (AvgIpc) is 2.70. The van der Waals surface area contributed by atoms with Crippen molar-refractivity contribution < 1.29 is 47.6 Å². The summed E-state index contributed by atoms with van der Waals surface area (Å²) >= 11 is 5.45. The molecule has 2 saturated heterocycles. The van der Waals surface area contributed by atoms with Crippen LogP contribution in [0.5, 0.6) is 0 Å². The topological polar surface area (TPSA) is 139 Å². The van der Waals surface area contributed by atoms with Crippen molar-refractivity contribution in [2.45, 2.75) is 58.3 Å². The summed E-state index contributed by atoms with van der Waals surface area (Å²) in [6, 6.07) is 0. The molecule has 2 fully saturated rings. The first-order valence-corrected chi connectivity index (χ1v) is 10.4. The molecule has 0 aromatic rings. The van der Waals surface area contributed by atoms with E-state index < -0.39 is 54.5 Å². The number of esters is 4. The highest BCUT2D eigenvalue weighted by atomic mass is 32.1. The molecule has 2 heterocycles. The second kappa shape index (κ2) is 11.9. The number of carbonyl (C=O) groups is 4. The van der Waals surface area contributed by atoms with Crippen LogP contribution in [0.3, 0.4) is 0 Å². The van der Waals surface area contributed by atoms with Crippen LogP contribution in [0, 0.1) is 0 Å². The molecule has 1 N–H and O–H groups in total. The van der Waals surface area contributed by atoms with Crippen molar-refractivity contribution in [3.63, 3.8) is 0 Å². The molecule has 13 heteroatoms. The molecule has 0 amide bonds. The zero-order valence-electron chi connectivity index (χ0n) is 18.4. The average molecular weight is 477 g/mol. The number of nitrogens with zero attached hydrogens (tertiary/aromatic N) is 1. The van der Waals surface area contributed by atoms with Crippen molar-refractivity contribution in [2.75, 3.05) is 32.9 Å². The van der Waals surface area contributed by atoms with Crippen molar-refractivity contribution >= 4 is 41.2 Å². The number of nitrogens with one attached hydrogen (secondary N) is 1. The number of carbonyl (C=O) groups excluding carboxylic acids is 4. The number of hydrogen-bond acceptors (Lipinski definition) is 11. The predicted octanol–water partition coefficient (Wildman–Crippen LogP) is -0.724. The summed E-state index contributed by atoms with van der Waals surface area (Å²) < 4.78 is 32.4. The van der Waals surface area contributed by atoms with Gasteiger partial charge < -0.3 is 38.6 Å². The molecule has 0 saturated carbocycles. The SMILES string of the molecule is CC(=O)OC[C@@H]1O[C@H](NC(=S)N2CCOCC2)[C@H](OC(C)=O)[C@@H](OC(C)=O)[C@@H]1OC(C)=O. The Hall–Kier alpha value is -2.51. The second-order valence-electron chi connectivity index (χ2n) is 7.17. The Morgan fingerprint density at radius 1 is 0.875 bits per heavy atom. The van der Waals surface area contributed by atoms with E-state index in [0.717, 1.165) is 13.8 Å². The first-order valence-electron chi connectivity index (χ1n) is 10.0. The van der Waals surface area contributed by atoms with Crippen LogP contribution in [-0.2, 0) is 47.6 Å². The lowest BCUT2D eigenvalue weighted by Crippen LogP contribution is -2.67. The quantitative estimate of drug-likeness (QED) is 0.293. The van der Waals surface area contributed by atoms with E-state index in [4.69, 9.17) is 40.6 Å². The van der Waals surface area contributed by atoms with Crippen LogP contribution in [-0.4, -0.2) is 97.4 Å². The Kier molecular flexibility index (Phi) is 9.60. The predicted molar refractivity (Wildman–Crippen MR) is 110 cm³/mol. The maximum Gasteiger partial charge on any atom is 0.303 e. The normalized spacial score (nSPS) is 27.6. The fraction of sp³-hybridized carbons (Fsp3) is 0.737. The molecule has 2 aliphatic heterocycles. The molecule has 2 rings (SSSR count). The van der Waals surface area contributed by atoms with E-state index in [9.17, 15) is 19.2 Å². The molecular formula is C19H28N2O10S. The number of thiocarbonyl (C=S) groups is 1. The van der Waals surface area contributed by atoms with Crippen LogP contribution in [0.2, 0.25) is 0 Å². The lowest BCUT2D eigenvalue weighted by Gasteiger charge is -2.45. The first kappa shape index (κ1) is 25.7. The minimum Gasteiger partial charge on any atom is -0.463 e. The van der Waals surface area contributed by atoms with Crippen LogP contribution in [0.4, 0.5) is 0 Å². The molecule has 0 radical (unpaired) electrons. The third-order valence-corrected chi connectivity index (χ3v) is 4.93. The summed E-state index contributed by atoms with van der Waals surface area (Å²) in [6.07, 6.45) is -5.81. The fourth-order valence-electron chi connectivity index (χ4n) is 3.32. The standard InChI is InChI=1S/C19H28N2O10S/c1-10(22)27-9-14-15(28-11(2)23)16(29-12(3)24)17(30-13(4)25)18(31-14)20-19(32)21-5-7-26-8-6-21/h14-18H,5-9H2,1-4H3,(H,20,32)/t14-,15+,16-,17+,18-/m0/s1. The first-order chi connectivity index (χ1) is 15.1. The van der Waals surface area contributed by atoms with Crippen LogP contribution in [0.1, 0.15) is 27.7 Å². The monoisotopic (exact) mass is 476 g/mol. The van der Waals surface area contributed by atoms with Gasteiger partial charge in [-0.1, -0.05) is 0 Å². The zero-order chi connectivity index (χ0) is 23.8. The highest BCUT2D eigenvalue weighted by molar-refractivity contribution is 7.80. The van der Waals surface area contributed by atoms with Crippen LogP contribution in [0.25, 0.3) is 0 Å². The van der Waals surface area contributed by atoms with Crippen LogP contribution in [0.15, 0.2) is 0 Å².